The number of rotatable bonds is 17. The van der Waals surface area contributed by atoms with Gasteiger partial charge in [0.05, 0.1) is 5.66 Å². The molecule has 0 aliphatic rings. The van der Waals surface area contributed by atoms with E-state index in [0.717, 1.165) is 38.5 Å². The summed E-state index contributed by atoms with van der Waals surface area (Å²) in [7, 11) is 0. The van der Waals surface area contributed by atoms with Crippen molar-refractivity contribution in [1.29, 1.82) is 0 Å². The SMILES string of the molecule is CCCCCCCCC(CCCCCCCC)C(N)(N)C(N)C(=O)O. The maximum atomic E-state index is 11.3. The van der Waals surface area contributed by atoms with E-state index in [1.54, 1.807) is 0 Å². The lowest BCUT2D eigenvalue weighted by molar-refractivity contribution is -0.141. The highest BCUT2D eigenvalue weighted by Crippen LogP contribution is 2.26. The van der Waals surface area contributed by atoms with Crippen LogP contribution in [0.5, 0.6) is 0 Å². The summed E-state index contributed by atoms with van der Waals surface area (Å²) in [5, 5.41) is 9.22. The van der Waals surface area contributed by atoms with Gasteiger partial charge in [0.2, 0.25) is 0 Å². The van der Waals surface area contributed by atoms with Crippen molar-refractivity contribution in [3.8, 4) is 0 Å². The predicted octanol–water partition coefficient (Wildman–Crippen LogP) is 4.13. The smallest absolute Gasteiger partial charge is 0.323 e. The maximum Gasteiger partial charge on any atom is 0.323 e. The van der Waals surface area contributed by atoms with Crippen LogP contribution in [0.15, 0.2) is 0 Å². The molecule has 7 N–H and O–H groups in total. The molecular weight excluding hydrogens is 314 g/mol. The van der Waals surface area contributed by atoms with Crippen LogP contribution in [0.2, 0.25) is 0 Å². The first-order chi connectivity index (χ1) is 11.9. The number of carbonyl (C=O) groups is 1. The lowest BCUT2D eigenvalue weighted by Gasteiger charge is -2.37. The summed E-state index contributed by atoms with van der Waals surface area (Å²) in [4.78, 5) is 11.3. The molecule has 0 amide bonds. The molecule has 0 radical (unpaired) electrons. The molecule has 0 aromatic carbocycles. The molecule has 150 valence electrons. The van der Waals surface area contributed by atoms with E-state index in [2.05, 4.69) is 13.8 Å². The Labute approximate surface area is 155 Å². The van der Waals surface area contributed by atoms with E-state index in [-0.39, 0.29) is 5.92 Å². The van der Waals surface area contributed by atoms with Crippen LogP contribution in [0.25, 0.3) is 0 Å². The van der Waals surface area contributed by atoms with Gasteiger partial charge in [0.25, 0.3) is 0 Å². The summed E-state index contributed by atoms with van der Waals surface area (Å²) < 4.78 is 0. The lowest BCUT2D eigenvalue weighted by atomic mass is 9.80. The van der Waals surface area contributed by atoms with Crippen LogP contribution in [0.3, 0.4) is 0 Å². The molecule has 0 aliphatic heterocycles. The number of unbranched alkanes of at least 4 members (excludes halogenated alkanes) is 10. The van der Waals surface area contributed by atoms with Crippen LogP contribution >= 0.6 is 0 Å². The van der Waals surface area contributed by atoms with Crippen molar-refractivity contribution in [1.82, 2.24) is 0 Å². The third-order valence-corrected chi connectivity index (χ3v) is 5.32. The normalized spacial score (nSPS) is 13.4. The first-order valence-electron chi connectivity index (χ1n) is 10.4. The van der Waals surface area contributed by atoms with Gasteiger partial charge >= 0.3 is 5.97 Å². The van der Waals surface area contributed by atoms with E-state index in [1.807, 2.05) is 0 Å². The average Bonchev–Trinajstić information content (AvgIpc) is 2.57. The molecule has 0 heterocycles. The van der Waals surface area contributed by atoms with Crippen LogP contribution in [0.1, 0.15) is 104 Å². The summed E-state index contributed by atoms with van der Waals surface area (Å²) >= 11 is 0. The molecule has 0 aliphatic carbocycles. The zero-order valence-electron chi connectivity index (χ0n) is 16.6. The number of nitrogens with two attached hydrogens (primary N) is 3. The number of carboxylic acids is 1. The zero-order valence-corrected chi connectivity index (χ0v) is 16.6. The number of carboxylic acid groups (broad SMARTS) is 1. The summed E-state index contributed by atoms with van der Waals surface area (Å²) in [5.74, 6) is -1.14. The van der Waals surface area contributed by atoms with Gasteiger partial charge in [-0.05, 0) is 18.8 Å². The minimum atomic E-state index is -1.33. The van der Waals surface area contributed by atoms with Gasteiger partial charge in [-0.3, -0.25) is 4.79 Å². The Kier molecular flexibility index (Phi) is 14.1. The van der Waals surface area contributed by atoms with Gasteiger partial charge < -0.3 is 22.3 Å². The maximum absolute atomic E-state index is 11.3. The molecule has 0 aromatic rings. The van der Waals surface area contributed by atoms with Crippen molar-refractivity contribution in [3.63, 3.8) is 0 Å². The van der Waals surface area contributed by atoms with E-state index in [1.165, 1.54) is 51.4 Å². The monoisotopic (exact) mass is 357 g/mol. The van der Waals surface area contributed by atoms with Crippen LogP contribution in [-0.2, 0) is 4.79 Å². The summed E-state index contributed by atoms with van der Waals surface area (Å²) in [6.45, 7) is 4.42. The summed E-state index contributed by atoms with van der Waals surface area (Å²) in [6.07, 6.45) is 16.2. The molecule has 0 fully saturated rings. The van der Waals surface area contributed by atoms with Crippen LogP contribution in [0, 0.1) is 5.92 Å². The van der Waals surface area contributed by atoms with E-state index in [4.69, 9.17) is 17.2 Å². The molecule has 0 rings (SSSR count). The Morgan fingerprint density at radius 2 is 1.16 bits per heavy atom. The number of aliphatic carboxylic acids is 1. The van der Waals surface area contributed by atoms with E-state index >= 15 is 0 Å². The first-order valence-corrected chi connectivity index (χ1v) is 10.4. The van der Waals surface area contributed by atoms with Crippen molar-refractivity contribution < 1.29 is 9.90 Å². The van der Waals surface area contributed by atoms with Crippen molar-refractivity contribution in [2.75, 3.05) is 0 Å². The van der Waals surface area contributed by atoms with Crippen molar-refractivity contribution in [3.05, 3.63) is 0 Å². The second kappa shape index (κ2) is 14.5. The standard InChI is InChI=1S/C20H43N3O2/c1-3-5-7-9-11-13-15-17(16-14-12-10-8-6-4-2)20(22,23)18(21)19(24)25/h17-18H,3-16,21-23H2,1-2H3,(H,24,25). The molecule has 25 heavy (non-hydrogen) atoms. The Morgan fingerprint density at radius 3 is 1.52 bits per heavy atom. The lowest BCUT2D eigenvalue weighted by Crippen LogP contribution is -2.69. The minimum Gasteiger partial charge on any atom is -0.480 e. The molecule has 0 saturated carbocycles. The van der Waals surface area contributed by atoms with E-state index < -0.39 is 17.7 Å². The molecule has 0 aromatic heterocycles. The topological polar surface area (TPSA) is 115 Å². The molecule has 1 unspecified atom stereocenters. The predicted molar refractivity (Wildman–Crippen MR) is 106 cm³/mol. The molecule has 0 saturated heterocycles. The third kappa shape index (κ3) is 10.8. The third-order valence-electron chi connectivity index (χ3n) is 5.32. The average molecular weight is 358 g/mol. The second-order valence-corrected chi connectivity index (χ2v) is 7.63. The molecule has 0 bridgehead atoms. The first kappa shape index (κ1) is 24.4. The molecule has 0 spiro atoms. The fraction of sp³-hybridized carbons (Fsp3) is 0.950. The van der Waals surface area contributed by atoms with Crippen molar-refractivity contribution in [2.45, 2.75) is 115 Å². The van der Waals surface area contributed by atoms with Crippen LogP contribution in [-0.4, -0.2) is 22.8 Å². The largest absolute Gasteiger partial charge is 0.480 e. The highest BCUT2D eigenvalue weighted by molar-refractivity contribution is 5.75. The number of hydrogen-bond donors (Lipinski definition) is 4. The minimum absolute atomic E-state index is 0.0315. The molecular formula is C20H43N3O2. The van der Waals surface area contributed by atoms with Gasteiger partial charge in [0.15, 0.2) is 0 Å². The Balaban J connectivity index is 4.42. The van der Waals surface area contributed by atoms with Gasteiger partial charge in [0, 0.05) is 0 Å². The molecule has 5 nitrogen and oxygen atoms in total. The number of hydrogen-bond acceptors (Lipinski definition) is 4. The Morgan fingerprint density at radius 1 is 0.800 bits per heavy atom. The highest BCUT2D eigenvalue weighted by atomic mass is 16.4. The van der Waals surface area contributed by atoms with Gasteiger partial charge in [0.1, 0.15) is 6.04 Å². The van der Waals surface area contributed by atoms with Crippen molar-refractivity contribution in [2.24, 2.45) is 23.1 Å². The Bertz CT molecular complexity index is 319. The zero-order chi connectivity index (χ0) is 19.1. The summed E-state index contributed by atoms with van der Waals surface area (Å²) in [5.41, 5.74) is 16.9. The molecule has 5 heteroatoms. The Hall–Kier alpha value is -0.650. The van der Waals surface area contributed by atoms with Gasteiger partial charge in [-0.1, -0.05) is 90.9 Å². The highest BCUT2D eigenvalue weighted by Gasteiger charge is 2.40. The van der Waals surface area contributed by atoms with Crippen molar-refractivity contribution >= 4 is 5.97 Å². The van der Waals surface area contributed by atoms with E-state index in [0.29, 0.717) is 0 Å². The fourth-order valence-corrected chi connectivity index (χ4v) is 3.45. The van der Waals surface area contributed by atoms with Crippen LogP contribution in [0.4, 0.5) is 0 Å². The molecule has 1 atom stereocenters. The van der Waals surface area contributed by atoms with Crippen LogP contribution < -0.4 is 17.2 Å². The van der Waals surface area contributed by atoms with E-state index in [9.17, 15) is 9.90 Å². The quantitative estimate of drug-likeness (QED) is 0.231. The second-order valence-electron chi connectivity index (χ2n) is 7.63. The van der Waals surface area contributed by atoms with Gasteiger partial charge in [-0.25, -0.2) is 0 Å². The summed E-state index contributed by atoms with van der Waals surface area (Å²) in [6, 6.07) is -1.21. The van der Waals surface area contributed by atoms with Gasteiger partial charge in [-0.2, -0.15) is 0 Å². The van der Waals surface area contributed by atoms with Gasteiger partial charge in [-0.15, -0.1) is 0 Å². The fourth-order valence-electron chi connectivity index (χ4n) is 3.45.